The summed E-state index contributed by atoms with van der Waals surface area (Å²) in [5.74, 6) is 0.882. The SMILES string of the molecule is Cc1ccc(C)c(CN[C@H](C)C2CCCCCC2)c1. The Morgan fingerprint density at radius 2 is 1.79 bits per heavy atom. The third-order valence-corrected chi connectivity index (χ3v) is 4.73. The zero-order chi connectivity index (χ0) is 13.7. The molecule has 19 heavy (non-hydrogen) atoms. The largest absolute Gasteiger partial charge is 0.310 e. The molecule has 0 aliphatic heterocycles. The highest BCUT2D eigenvalue weighted by Gasteiger charge is 2.18. The molecule has 1 aliphatic rings. The first kappa shape index (κ1) is 14.6. The minimum atomic E-state index is 0.651. The Morgan fingerprint density at radius 1 is 1.11 bits per heavy atom. The van der Waals surface area contributed by atoms with Gasteiger partial charge in [0.15, 0.2) is 0 Å². The quantitative estimate of drug-likeness (QED) is 0.769. The minimum absolute atomic E-state index is 0.651. The van der Waals surface area contributed by atoms with E-state index in [4.69, 9.17) is 0 Å². The number of benzene rings is 1. The van der Waals surface area contributed by atoms with E-state index in [0.717, 1.165) is 12.5 Å². The average molecular weight is 259 g/mol. The summed E-state index contributed by atoms with van der Waals surface area (Å²) in [4.78, 5) is 0. The van der Waals surface area contributed by atoms with Gasteiger partial charge in [-0.2, -0.15) is 0 Å². The lowest BCUT2D eigenvalue weighted by atomic mass is 9.92. The van der Waals surface area contributed by atoms with Gasteiger partial charge in [0, 0.05) is 12.6 Å². The van der Waals surface area contributed by atoms with Gasteiger partial charge in [0.2, 0.25) is 0 Å². The van der Waals surface area contributed by atoms with E-state index >= 15 is 0 Å². The van der Waals surface area contributed by atoms with Crippen LogP contribution in [0, 0.1) is 19.8 Å². The summed E-state index contributed by atoms with van der Waals surface area (Å²) in [6, 6.07) is 7.41. The summed E-state index contributed by atoms with van der Waals surface area (Å²) < 4.78 is 0. The monoisotopic (exact) mass is 259 g/mol. The van der Waals surface area contributed by atoms with Crippen molar-refractivity contribution in [1.82, 2.24) is 5.32 Å². The van der Waals surface area contributed by atoms with Crippen LogP contribution in [-0.2, 0) is 6.54 Å². The van der Waals surface area contributed by atoms with E-state index in [-0.39, 0.29) is 0 Å². The van der Waals surface area contributed by atoms with Crippen LogP contribution in [0.15, 0.2) is 18.2 Å². The molecule has 1 heteroatoms. The molecule has 0 radical (unpaired) electrons. The highest BCUT2D eigenvalue weighted by molar-refractivity contribution is 5.30. The van der Waals surface area contributed by atoms with Crippen molar-refractivity contribution in [3.8, 4) is 0 Å². The third-order valence-electron chi connectivity index (χ3n) is 4.73. The lowest BCUT2D eigenvalue weighted by Crippen LogP contribution is -2.33. The molecular formula is C18H29N. The van der Waals surface area contributed by atoms with Crippen LogP contribution in [0.25, 0.3) is 0 Å². The minimum Gasteiger partial charge on any atom is -0.310 e. The summed E-state index contributed by atoms with van der Waals surface area (Å²) in [5, 5.41) is 3.76. The maximum Gasteiger partial charge on any atom is 0.0210 e. The number of rotatable bonds is 4. The first-order valence-corrected chi connectivity index (χ1v) is 7.96. The molecule has 1 saturated carbocycles. The molecule has 0 bridgehead atoms. The predicted octanol–water partition coefficient (Wildman–Crippen LogP) is 4.75. The molecule has 0 aromatic heterocycles. The van der Waals surface area contributed by atoms with E-state index in [1.807, 2.05) is 0 Å². The third kappa shape index (κ3) is 4.35. The van der Waals surface area contributed by atoms with E-state index in [9.17, 15) is 0 Å². The van der Waals surface area contributed by atoms with Crippen LogP contribution in [-0.4, -0.2) is 6.04 Å². The first-order valence-electron chi connectivity index (χ1n) is 7.96. The van der Waals surface area contributed by atoms with Gasteiger partial charge in [-0.3, -0.25) is 0 Å². The zero-order valence-corrected chi connectivity index (χ0v) is 12.8. The number of aryl methyl sites for hydroxylation is 2. The van der Waals surface area contributed by atoms with E-state index in [1.54, 1.807) is 0 Å². The summed E-state index contributed by atoms with van der Waals surface area (Å²) in [7, 11) is 0. The molecule has 0 spiro atoms. The lowest BCUT2D eigenvalue weighted by molar-refractivity contribution is 0.336. The molecule has 1 aliphatic carbocycles. The fourth-order valence-corrected chi connectivity index (χ4v) is 3.24. The first-order chi connectivity index (χ1) is 9.16. The van der Waals surface area contributed by atoms with E-state index < -0.39 is 0 Å². The van der Waals surface area contributed by atoms with Gasteiger partial charge in [-0.25, -0.2) is 0 Å². The van der Waals surface area contributed by atoms with Crippen LogP contribution in [0.1, 0.15) is 62.1 Å². The normalized spacial score (nSPS) is 19.1. The van der Waals surface area contributed by atoms with E-state index in [2.05, 4.69) is 44.3 Å². The fraction of sp³-hybridized carbons (Fsp3) is 0.667. The maximum atomic E-state index is 3.76. The Labute approximate surface area is 118 Å². The Kier molecular flexibility index (Phi) is 5.45. The number of nitrogens with one attached hydrogen (secondary N) is 1. The van der Waals surface area contributed by atoms with Crippen LogP contribution in [0.3, 0.4) is 0 Å². The Morgan fingerprint density at radius 3 is 2.47 bits per heavy atom. The Hall–Kier alpha value is -0.820. The molecule has 1 atom stereocenters. The summed E-state index contributed by atoms with van der Waals surface area (Å²) in [6.07, 6.45) is 8.59. The van der Waals surface area contributed by atoms with Gasteiger partial charge in [-0.05, 0) is 50.7 Å². The van der Waals surface area contributed by atoms with Crippen molar-refractivity contribution in [1.29, 1.82) is 0 Å². The Balaban J connectivity index is 1.88. The van der Waals surface area contributed by atoms with Crippen LogP contribution in [0.5, 0.6) is 0 Å². The molecule has 1 aromatic rings. The second-order valence-corrected chi connectivity index (χ2v) is 6.35. The molecule has 2 rings (SSSR count). The number of hydrogen-bond acceptors (Lipinski definition) is 1. The van der Waals surface area contributed by atoms with Crippen molar-refractivity contribution >= 4 is 0 Å². The molecular weight excluding hydrogens is 230 g/mol. The molecule has 0 heterocycles. The molecule has 1 fully saturated rings. The van der Waals surface area contributed by atoms with Gasteiger partial charge < -0.3 is 5.32 Å². The molecule has 106 valence electrons. The second kappa shape index (κ2) is 7.09. The molecule has 1 N–H and O–H groups in total. The standard InChI is InChI=1S/C18H29N/c1-14-10-11-15(2)18(12-14)13-19-16(3)17-8-6-4-5-7-9-17/h10-12,16-17,19H,4-9,13H2,1-3H3/t16-/m1/s1. The molecule has 0 unspecified atom stereocenters. The summed E-state index contributed by atoms with van der Waals surface area (Å²) in [6.45, 7) is 7.79. The van der Waals surface area contributed by atoms with Gasteiger partial charge >= 0.3 is 0 Å². The maximum absolute atomic E-state index is 3.76. The van der Waals surface area contributed by atoms with Gasteiger partial charge in [-0.1, -0.05) is 49.4 Å². The smallest absolute Gasteiger partial charge is 0.0210 e. The van der Waals surface area contributed by atoms with Gasteiger partial charge in [0.05, 0.1) is 0 Å². The van der Waals surface area contributed by atoms with Crippen LogP contribution >= 0.6 is 0 Å². The van der Waals surface area contributed by atoms with Crippen LogP contribution < -0.4 is 5.32 Å². The molecule has 1 aromatic carbocycles. The lowest BCUT2D eigenvalue weighted by Gasteiger charge is -2.24. The van der Waals surface area contributed by atoms with Crippen molar-refractivity contribution in [2.24, 2.45) is 5.92 Å². The van der Waals surface area contributed by atoms with Crippen molar-refractivity contribution in [2.45, 2.75) is 71.9 Å². The predicted molar refractivity (Wildman–Crippen MR) is 83.4 cm³/mol. The van der Waals surface area contributed by atoms with Gasteiger partial charge in [0.1, 0.15) is 0 Å². The average Bonchev–Trinajstić information content (AvgIpc) is 2.68. The molecule has 0 amide bonds. The second-order valence-electron chi connectivity index (χ2n) is 6.35. The van der Waals surface area contributed by atoms with Crippen LogP contribution in [0.2, 0.25) is 0 Å². The van der Waals surface area contributed by atoms with Crippen molar-refractivity contribution in [3.05, 3.63) is 34.9 Å². The van der Waals surface area contributed by atoms with Crippen LogP contribution in [0.4, 0.5) is 0 Å². The summed E-state index contributed by atoms with van der Waals surface area (Å²) in [5.41, 5.74) is 4.23. The van der Waals surface area contributed by atoms with E-state index in [0.29, 0.717) is 6.04 Å². The molecule has 1 nitrogen and oxygen atoms in total. The molecule has 0 saturated heterocycles. The van der Waals surface area contributed by atoms with E-state index in [1.165, 1.54) is 55.2 Å². The zero-order valence-electron chi connectivity index (χ0n) is 12.8. The number of hydrogen-bond donors (Lipinski definition) is 1. The van der Waals surface area contributed by atoms with Crippen molar-refractivity contribution in [2.75, 3.05) is 0 Å². The fourth-order valence-electron chi connectivity index (χ4n) is 3.24. The van der Waals surface area contributed by atoms with Crippen molar-refractivity contribution < 1.29 is 0 Å². The highest BCUT2D eigenvalue weighted by atomic mass is 14.9. The van der Waals surface area contributed by atoms with Gasteiger partial charge in [-0.15, -0.1) is 0 Å². The topological polar surface area (TPSA) is 12.0 Å². The highest BCUT2D eigenvalue weighted by Crippen LogP contribution is 2.25. The Bertz CT molecular complexity index is 389. The van der Waals surface area contributed by atoms with Gasteiger partial charge in [0.25, 0.3) is 0 Å². The van der Waals surface area contributed by atoms with Crippen molar-refractivity contribution in [3.63, 3.8) is 0 Å². The summed E-state index contributed by atoms with van der Waals surface area (Å²) >= 11 is 0.